The second kappa shape index (κ2) is 8.54. The minimum absolute atomic E-state index is 0.122. The van der Waals surface area contributed by atoms with E-state index in [-0.39, 0.29) is 18.0 Å². The van der Waals surface area contributed by atoms with Gasteiger partial charge in [-0.25, -0.2) is 4.79 Å². The molecule has 0 aliphatic carbocycles. The van der Waals surface area contributed by atoms with E-state index in [1.54, 1.807) is 28.0 Å². The summed E-state index contributed by atoms with van der Waals surface area (Å²) in [7, 11) is -0.590. The Morgan fingerprint density at radius 1 is 1.12 bits per heavy atom. The van der Waals surface area contributed by atoms with Crippen LogP contribution in [0.1, 0.15) is 65.7 Å². The van der Waals surface area contributed by atoms with E-state index in [9.17, 15) is 9.59 Å². The summed E-state index contributed by atoms with van der Waals surface area (Å²) in [6.07, 6.45) is -0.355. The lowest BCUT2D eigenvalue weighted by molar-refractivity contribution is 0.00578. The number of carbonyl (C=O) groups is 2. The Labute approximate surface area is 196 Å². The molecule has 1 aromatic rings. The molecule has 0 N–H and O–H groups in total. The molecule has 2 saturated heterocycles. The van der Waals surface area contributed by atoms with Crippen LogP contribution in [0.15, 0.2) is 18.2 Å². The molecule has 1 atom stereocenters. The number of piperazine rings is 1. The van der Waals surface area contributed by atoms with Gasteiger partial charge in [0.25, 0.3) is 5.91 Å². The van der Waals surface area contributed by atoms with Crippen molar-refractivity contribution < 1.29 is 23.6 Å². The van der Waals surface area contributed by atoms with Crippen molar-refractivity contribution in [3.05, 3.63) is 28.8 Å². The summed E-state index contributed by atoms with van der Waals surface area (Å²) in [4.78, 5) is 29.0. The predicted octanol–water partition coefficient (Wildman–Crippen LogP) is 3.72. The number of hydrogen-bond acceptors (Lipinski definition) is 5. The van der Waals surface area contributed by atoms with Crippen molar-refractivity contribution in [3.8, 4) is 0 Å². The molecule has 2 heterocycles. The average molecular weight is 465 g/mol. The number of carbonyl (C=O) groups excluding carboxylic acids is 2. The van der Waals surface area contributed by atoms with E-state index in [2.05, 4.69) is 0 Å². The van der Waals surface area contributed by atoms with Gasteiger partial charge in [0.05, 0.1) is 11.2 Å². The van der Waals surface area contributed by atoms with Gasteiger partial charge < -0.3 is 23.8 Å². The Kier molecular flexibility index (Phi) is 6.64. The Bertz CT molecular complexity index is 883. The molecule has 0 bridgehead atoms. The Morgan fingerprint density at radius 3 is 2.22 bits per heavy atom. The molecule has 0 spiro atoms. The molecule has 0 saturated carbocycles. The maximum Gasteiger partial charge on any atom is 0.496 e. The molecule has 2 fully saturated rings. The SMILES string of the molecule is CC1CN(C(=O)OC(C)(C)C)CCN1C(=O)c1ccc(B2OC(C)(C)C(C)(C)O2)c(Cl)c1. The monoisotopic (exact) mass is 464 g/mol. The van der Waals surface area contributed by atoms with Gasteiger partial charge >= 0.3 is 13.2 Å². The number of ether oxygens (including phenoxy) is 1. The highest BCUT2D eigenvalue weighted by Gasteiger charge is 2.52. The number of hydrogen-bond donors (Lipinski definition) is 0. The molecule has 9 heteroatoms. The number of benzene rings is 1. The van der Waals surface area contributed by atoms with Crippen molar-refractivity contribution in [2.24, 2.45) is 0 Å². The number of nitrogens with zero attached hydrogens (tertiary/aromatic N) is 2. The summed E-state index contributed by atoms with van der Waals surface area (Å²) in [5, 5.41) is 0.425. The third-order valence-electron chi connectivity index (χ3n) is 6.29. The van der Waals surface area contributed by atoms with Gasteiger partial charge in [-0.05, 0) is 67.5 Å². The van der Waals surface area contributed by atoms with E-state index in [4.69, 9.17) is 25.6 Å². The quantitative estimate of drug-likeness (QED) is 0.624. The molecular weight excluding hydrogens is 431 g/mol. The molecule has 176 valence electrons. The zero-order valence-electron chi connectivity index (χ0n) is 20.3. The van der Waals surface area contributed by atoms with Gasteiger partial charge in [0, 0.05) is 41.7 Å². The zero-order chi connectivity index (χ0) is 24.1. The van der Waals surface area contributed by atoms with Crippen molar-refractivity contribution in [3.63, 3.8) is 0 Å². The summed E-state index contributed by atoms with van der Waals surface area (Å²) >= 11 is 6.54. The van der Waals surface area contributed by atoms with Gasteiger partial charge in [-0.15, -0.1) is 0 Å². The Morgan fingerprint density at radius 2 is 1.72 bits per heavy atom. The van der Waals surface area contributed by atoms with Crippen LogP contribution in [-0.2, 0) is 14.0 Å². The minimum atomic E-state index is -0.590. The van der Waals surface area contributed by atoms with E-state index in [1.807, 2.05) is 55.4 Å². The van der Waals surface area contributed by atoms with E-state index in [0.717, 1.165) is 0 Å². The van der Waals surface area contributed by atoms with Crippen molar-refractivity contribution >= 4 is 36.2 Å². The molecule has 32 heavy (non-hydrogen) atoms. The first-order valence-electron chi connectivity index (χ1n) is 11.1. The van der Waals surface area contributed by atoms with Gasteiger partial charge in [0.15, 0.2) is 0 Å². The highest BCUT2D eigenvalue weighted by Crippen LogP contribution is 2.37. The van der Waals surface area contributed by atoms with Crippen molar-refractivity contribution in [2.75, 3.05) is 19.6 Å². The highest BCUT2D eigenvalue weighted by molar-refractivity contribution is 6.65. The largest absolute Gasteiger partial charge is 0.496 e. The van der Waals surface area contributed by atoms with Crippen molar-refractivity contribution in [1.82, 2.24) is 9.80 Å². The predicted molar refractivity (Wildman–Crippen MR) is 125 cm³/mol. The summed E-state index contributed by atoms with van der Waals surface area (Å²) in [6, 6.07) is 5.06. The van der Waals surface area contributed by atoms with E-state index in [0.29, 0.717) is 35.7 Å². The normalized spacial score (nSPS) is 22.8. The summed E-state index contributed by atoms with van der Waals surface area (Å²) < 4.78 is 17.6. The maximum absolute atomic E-state index is 13.2. The van der Waals surface area contributed by atoms with Crippen LogP contribution in [0.25, 0.3) is 0 Å². The molecule has 0 aromatic heterocycles. The molecule has 1 aromatic carbocycles. The van der Waals surface area contributed by atoms with Gasteiger partial charge in [-0.1, -0.05) is 17.7 Å². The van der Waals surface area contributed by atoms with Crippen LogP contribution in [0, 0.1) is 0 Å². The zero-order valence-corrected chi connectivity index (χ0v) is 21.1. The maximum atomic E-state index is 13.2. The summed E-state index contributed by atoms with van der Waals surface area (Å²) in [6.45, 7) is 16.6. The van der Waals surface area contributed by atoms with Crippen LogP contribution in [-0.4, -0.2) is 71.4 Å². The standard InChI is InChI=1S/C23H34BClN2O5/c1-15-14-26(20(29)30-21(2,3)4)11-12-27(15)19(28)16-9-10-17(18(25)13-16)24-31-22(5,6)23(7,8)32-24/h9-10,13,15H,11-12,14H2,1-8H3. The fraction of sp³-hybridized carbons (Fsp3) is 0.652. The molecule has 7 nitrogen and oxygen atoms in total. The Hall–Kier alpha value is -1.77. The number of rotatable bonds is 2. The molecule has 1 unspecified atom stereocenters. The fourth-order valence-electron chi connectivity index (χ4n) is 3.74. The highest BCUT2D eigenvalue weighted by atomic mass is 35.5. The van der Waals surface area contributed by atoms with Crippen molar-refractivity contribution in [1.29, 1.82) is 0 Å². The van der Waals surface area contributed by atoms with Crippen LogP contribution in [0.5, 0.6) is 0 Å². The van der Waals surface area contributed by atoms with E-state index >= 15 is 0 Å². The summed E-state index contributed by atoms with van der Waals surface area (Å²) in [5.74, 6) is -0.122. The summed E-state index contributed by atoms with van der Waals surface area (Å²) in [5.41, 5.74) is -0.307. The topological polar surface area (TPSA) is 68.3 Å². The lowest BCUT2D eigenvalue weighted by Gasteiger charge is -2.40. The number of amides is 2. The van der Waals surface area contributed by atoms with Crippen LogP contribution < -0.4 is 5.46 Å². The van der Waals surface area contributed by atoms with Gasteiger partial charge in [-0.3, -0.25) is 4.79 Å². The molecule has 2 aliphatic heterocycles. The third-order valence-corrected chi connectivity index (χ3v) is 6.62. The Balaban J connectivity index is 1.69. The van der Waals surface area contributed by atoms with Crippen molar-refractivity contribution in [2.45, 2.75) is 78.2 Å². The third kappa shape index (κ3) is 5.08. The molecule has 2 aliphatic rings. The van der Waals surface area contributed by atoms with Crippen LogP contribution in [0.2, 0.25) is 5.02 Å². The van der Waals surface area contributed by atoms with E-state index < -0.39 is 23.9 Å². The smallest absolute Gasteiger partial charge is 0.444 e. The van der Waals surface area contributed by atoms with Gasteiger partial charge in [0.2, 0.25) is 0 Å². The second-order valence-corrected chi connectivity index (χ2v) is 11.0. The lowest BCUT2D eigenvalue weighted by atomic mass is 9.78. The van der Waals surface area contributed by atoms with E-state index in [1.165, 1.54) is 0 Å². The van der Waals surface area contributed by atoms with Crippen LogP contribution >= 0.6 is 11.6 Å². The average Bonchev–Trinajstić information content (AvgIpc) is 2.86. The second-order valence-electron chi connectivity index (χ2n) is 10.6. The first-order valence-corrected chi connectivity index (χ1v) is 11.4. The minimum Gasteiger partial charge on any atom is -0.444 e. The van der Waals surface area contributed by atoms with Crippen LogP contribution in [0.4, 0.5) is 4.79 Å². The first-order chi connectivity index (χ1) is 14.6. The lowest BCUT2D eigenvalue weighted by Crippen LogP contribution is -2.56. The fourth-order valence-corrected chi connectivity index (χ4v) is 4.01. The molecule has 2 amide bonds. The number of halogens is 1. The molecule has 3 rings (SSSR count). The van der Waals surface area contributed by atoms with Gasteiger partial charge in [-0.2, -0.15) is 0 Å². The molecule has 0 radical (unpaired) electrons. The molecular formula is C23H34BClN2O5. The van der Waals surface area contributed by atoms with Gasteiger partial charge in [0.1, 0.15) is 5.60 Å². The van der Waals surface area contributed by atoms with Crippen LogP contribution in [0.3, 0.4) is 0 Å². The first kappa shape index (κ1) is 24.9.